The number of ether oxygens (including phenoxy) is 1. The van der Waals surface area contributed by atoms with Crippen molar-refractivity contribution in [2.75, 3.05) is 26.3 Å². The highest BCUT2D eigenvalue weighted by Crippen LogP contribution is 2.38. The van der Waals surface area contributed by atoms with E-state index in [4.69, 9.17) is 14.7 Å². The molecule has 0 bridgehead atoms. The molecule has 0 aliphatic carbocycles. The number of pyridine rings is 2. The molecular weight excluding hydrogens is 777 g/mol. The first-order valence-electron chi connectivity index (χ1n) is 20.6. The second kappa shape index (κ2) is 16.5. The van der Waals surface area contributed by atoms with Crippen LogP contribution >= 0.6 is 0 Å². The quantitative estimate of drug-likeness (QED) is 0.129. The Bertz CT molecular complexity index is 2710. The lowest BCUT2D eigenvalue weighted by molar-refractivity contribution is -0.136. The summed E-state index contributed by atoms with van der Waals surface area (Å²) >= 11 is 0. The van der Waals surface area contributed by atoms with Crippen LogP contribution in [0.15, 0.2) is 67.0 Å². The molecule has 61 heavy (non-hydrogen) atoms. The predicted molar refractivity (Wildman–Crippen MR) is 222 cm³/mol. The summed E-state index contributed by atoms with van der Waals surface area (Å²) in [6.07, 6.45) is 6.37. The third kappa shape index (κ3) is 7.55. The molecule has 2 fully saturated rings. The summed E-state index contributed by atoms with van der Waals surface area (Å²) in [5.74, 6) is 4.78. The maximum absolute atomic E-state index is 13.3. The van der Waals surface area contributed by atoms with E-state index in [0.717, 1.165) is 56.9 Å². The molecule has 308 valence electrons. The molecule has 2 saturated heterocycles. The number of carbonyl (C=O) groups is 6. The van der Waals surface area contributed by atoms with Crippen molar-refractivity contribution in [1.29, 1.82) is 0 Å². The van der Waals surface area contributed by atoms with Crippen LogP contribution in [0.25, 0.3) is 33.3 Å². The van der Waals surface area contributed by atoms with E-state index in [0.29, 0.717) is 69.4 Å². The SMILES string of the molecule is CC(=O)N1CCn2c(C3CCOCC3)nc(-c3cccc4cc(-c5ccc(C(=O)NCCCC#Cc6cccc7c6C(=O)N(C6CCC(=O)NC6=O)C7=O)nc5)ncc34)c2C1. The Morgan fingerprint density at radius 3 is 2.54 bits per heavy atom. The topological polar surface area (TPSA) is 186 Å². The number of carbonyl (C=O) groups excluding carboxylic acids is 6. The van der Waals surface area contributed by atoms with Crippen molar-refractivity contribution in [2.24, 2.45) is 0 Å². The van der Waals surface area contributed by atoms with Crippen LogP contribution < -0.4 is 10.6 Å². The lowest BCUT2D eigenvalue weighted by Crippen LogP contribution is -2.54. The summed E-state index contributed by atoms with van der Waals surface area (Å²) < 4.78 is 7.96. The number of fused-ring (bicyclic) bond motifs is 3. The van der Waals surface area contributed by atoms with Crippen LogP contribution in [0.2, 0.25) is 0 Å². The van der Waals surface area contributed by atoms with E-state index >= 15 is 0 Å². The van der Waals surface area contributed by atoms with Gasteiger partial charge >= 0.3 is 0 Å². The fraction of sp³-hybridized carbons (Fsp3) is 0.326. The lowest BCUT2D eigenvalue weighted by Gasteiger charge is -2.30. The number of imide groups is 2. The second-order valence-corrected chi connectivity index (χ2v) is 15.6. The molecule has 2 aromatic carbocycles. The van der Waals surface area contributed by atoms with Crippen LogP contribution in [0.5, 0.6) is 0 Å². The van der Waals surface area contributed by atoms with E-state index < -0.39 is 29.7 Å². The van der Waals surface area contributed by atoms with Crippen molar-refractivity contribution in [2.45, 2.75) is 70.5 Å². The molecule has 0 spiro atoms. The van der Waals surface area contributed by atoms with Gasteiger partial charge in [0.2, 0.25) is 17.7 Å². The van der Waals surface area contributed by atoms with Crippen molar-refractivity contribution in [3.05, 3.63) is 101 Å². The monoisotopic (exact) mass is 818 g/mol. The highest BCUT2D eigenvalue weighted by molar-refractivity contribution is 6.24. The molecule has 0 saturated carbocycles. The number of nitrogens with one attached hydrogen (secondary N) is 2. The zero-order valence-corrected chi connectivity index (χ0v) is 33.5. The van der Waals surface area contributed by atoms with Gasteiger partial charge in [0.25, 0.3) is 17.7 Å². The Hall–Kier alpha value is -7.05. The fourth-order valence-electron chi connectivity index (χ4n) is 8.61. The van der Waals surface area contributed by atoms with E-state index in [1.165, 1.54) is 6.07 Å². The Morgan fingerprint density at radius 1 is 0.934 bits per heavy atom. The summed E-state index contributed by atoms with van der Waals surface area (Å²) in [4.78, 5) is 93.2. The third-order valence-electron chi connectivity index (χ3n) is 11.8. The lowest BCUT2D eigenvalue weighted by atomic mass is 9.99. The van der Waals surface area contributed by atoms with Crippen LogP contribution in [-0.2, 0) is 32.2 Å². The minimum Gasteiger partial charge on any atom is -0.381 e. The number of unbranched alkanes of at least 4 members (excludes halogenated alkanes) is 1. The van der Waals surface area contributed by atoms with Gasteiger partial charge in [-0.05, 0) is 61.4 Å². The molecule has 4 aliphatic rings. The Balaban J connectivity index is 0.838. The molecule has 15 heteroatoms. The zero-order chi connectivity index (χ0) is 42.2. The van der Waals surface area contributed by atoms with Crippen molar-refractivity contribution in [3.8, 4) is 34.4 Å². The van der Waals surface area contributed by atoms with Gasteiger partial charge in [-0.3, -0.25) is 49.0 Å². The van der Waals surface area contributed by atoms with E-state index in [2.05, 4.69) is 38.1 Å². The van der Waals surface area contributed by atoms with E-state index in [-0.39, 0.29) is 41.5 Å². The summed E-state index contributed by atoms with van der Waals surface area (Å²) in [7, 11) is 0. The third-order valence-corrected chi connectivity index (χ3v) is 11.8. The molecule has 2 N–H and O–H groups in total. The molecule has 7 heterocycles. The number of rotatable bonds is 8. The van der Waals surface area contributed by atoms with Gasteiger partial charge < -0.3 is 19.5 Å². The van der Waals surface area contributed by atoms with Gasteiger partial charge in [-0.2, -0.15) is 0 Å². The highest BCUT2D eigenvalue weighted by atomic mass is 16.5. The highest BCUT2D eigenvalue weighted by Gasteiger charge is 2.45. The molecule has 1 atom stereocenters. The van der Waals surface area contributed by atoms with E-state index in [9.17, 15) is 28.8 Å². The predicted octanol–water partition coefficient (Wildman–Crippen LogP) is 4.38. The first kappa shape index (κ1) is 39.4. The summed E-state index contributed by atoms with van der Waals surface area (Å²) in [5, 5.41) is 7.00. The average molecular weight is 819 g/mol. The van der Waals surface area contributed by atoms with Gasteiger partial charge in [-0.25, -0.2) is 4.98 Å². The van der Waals surface area contributed by atoms with Crippen LogP contribution in [0, 0.1) is 11.8 Å². The number of benzene rings is 2. The maximum Gasteiger partial charge on any atom is 0.269 e. The van der Waals surface area contributed by atoms with Crippen LogP contribution in [0.4, 0.5) is 0 Å². The number of hydrogen-bond donors (Lipinski definition) is 2. The standard InChI is InChI=1S/C46H42N8O7/c1-27(55)52-19-20-53-38(26-52)41(51-42(53)29-16-21-61-22-17-29)32-10-6-9-30-23-36(49-25-34(30)32)31-12-13-35(48-24-31)43(57)47-18-4-2-3-7-28-8-5-11-33-40(28)46(60)54(45(33)59)37-14-15-39(56)50-44(37)58/h5-6,8-13,23-25,29,37H,2,4,14-22,26H2,1H3,(H,47,57)(H,50,56,58). The Labute approximate surface area is 350 Å². The summed E-state index contributed by atoms with van der Waals surface area (Å²) in [6.45, 7) is 5.24. The number of nitrogens with zero attached hydrogens (tertiary/aromatic N) is 6. The van der Waals surface area contributed by atoms with Crippen molar-refractivity contribution < 1.29 is 33.5 Å². The molecule has 6 amide bonds. The van der Waals surface area contributed by atoms with Gasteiger partial charge in [0.15, 0.2) is 0 Å². The van der Waals surface area contributed by atoms with Crippen molar-refractivity contribution in [3.63, 3.8) is 0 Å². The number of piperidine rings is 1. The first-order chi connectivity index (χ1) is 29.7. The van der Waals surface area contributed by atoms with Crippen LogP contribution in [-0.4, -0.2) is 97.1 Å². The molecule has 4 aliphatic heterocycles. The zero-order valence-electron chi connectivity index (χ0n) is 33.5. The second-order valence-electron chi connectivity index (χ2n) is 15.6. The van der Waals surface area contributed by atoms with Gasteiger partial charge in [-0.15, -0.1) is 0 Å². The summed E-state index contributed by atoms with van der Waals surface area (Å²) in [6, 6.07) is 15.4. The molecule has 5 aromatic rings. The molecule has 1 unspecified atom stereocenters. The smallest absolute Gasteiger partial charge is 0.269 e. The minimum absolute atomic E-state index is 0.0394. The molecule has 3 aromatic heterocycles. The number of imidazole rings is 1. The normalized spacial score (nSPS) is 17.8. The summed E-state index contributed by atoms with van der Waals surface area (Å²) in [5.41, 5.74) is 5.29. The van der Waals surface area contributed by atoms with Crippen LogP contribution in [0.1, 0.15) is 99.7 Å². The molecular formula is C46H42N8O7. The van der Waals surface area contributed by atoms with Crippen LogP contribution in [0.3, 0.4) is 0 Å². The van der Waals surface area contributed by atoms with E-state index in [1.807, 2.05) is 35.4 Å². The van der Waals surface area contributed by atoms with Crippen molar-refractivity contribution in [1.82, 2.24) is 40.0 Å². The fourth-order valence-corrected chi connectivity index (χ4v) is 8.61. The van der Waals surface area contributed by atoms with Gasteiger partial charge in [-0.1, -0.05) is 36.1 Å². The van der Waals surface area contributed by atoms with Gasteiger partial charge in [0.05, 0.1) is 34.8 Å². The maximum atomic E-state index is 13.3. The molecule has 15 nitrogen and oxygen atoms in total. The van der Waals surface area contributed by atoms with E-state index in [1.54, 1.807) is 31.3 Å². The number of amides is 6. The first-order valence-corrected chi connectivity index (χ1v) is 20.6. The van der Waals surface area contributed by atoms with Gasteiger partial charge in [0, 0.05) is 93.0 Å². The largest absolute Gasteiger partial charge is 0.381 e. The molecule has 9 rings (SSSR count). The Kier molecular flexibility index (Phi) is 10.7. The minimum atomic E-state index is -1.05. The average Bonchev–Trinajstić information content (AvgIpc) is 3.78. The van der Waals surface area contributed by atoms with Gasteiger partial charge in [0.1, 0.15) is 17.6 Å². The van der Waals surface area contributed by atoms with Crippen molar-refractivity contribution >= 4 is 46.2 Å². The molecule has 0 radical (unpaired) electrons. The number of aromatic nitrogens is 4. The number of hydrogen-bond acceptors (Lipinski definition) is 10. The Morgan fingerprint density at radius 2 is 1.75 bits per heavy atom.